The number of allylic oxidation sites excluding steroid dienone is 1. The zero-order valence-corrected chi connectivity index (χ0v) is 12.6. The van der Waals surface area contributed by atoms with Gasteiger partial charge in [-0.15, -0.1) is 0 Å². The Labute approximate surface area is 120 Å². The molecular formula is C13H23NO5S. The van der Waals surface area contributed by atoms with Gasteiger partial charge in [0.2, 0.25) is 10.0 Å². The molecule has 0 aromatic carbocycles. The first-order valence-corrected chi connectivity index (χ1v) is 8.26. The van der Waals surface area contributed by atoms with Gasteiger partial charge in [-0.05, 0) is 18.9 Å². The number of nitrogens with one attached hydrogen (secondary N) is 1. The number of ether oxygens (including phenoxy) is 2. The molecule has 116 valence electrons. The van der Waals surface area contributed by atoms with E-state index in [2.05, 4.69) is 4.72 Å². The fourth-order valence-electron chi connectivity index (χ4n) is 1.59. The monoisotopic (exact) mass is 305 g/mol. The molecule has 0 radical (unpaired) electrons. The molecule has 20 heavy (non-hydrogen) atoms. The summed E-state index contributed by atoms with van der Waals surface area (Å²) in [4.78, 5) is 0.189. The first-order valence-electron chi connectivity index (χ1n) is 6.78. The van der Waals surface area contributed by atoms with Crippen LogP contribution in [-0.4, -0.2) is 52.6 Å². The van der Waals surface area contributed by atoms with Crippen LogP contribution in [-0.2, 0) is 19.5 Å². The Hall–Kier alpha value is -0.730. The molecule has 0 aromatic rings. The van der Waals surface area contributed by atoms with E-state index in [1.807, 2.05) is 6.92 Å². The van der Waals surface area contributed by atoms with Gasteiger partial charge in [0.1, 0.15) is 0 Å². The second kappa shape index (κ2) is 9.25. The smallest absolute Gasteiger partial charge is 0.240 e. The molecule has 0 saturated carbocycles. The quantitative estimate of drug-likeness (QED) is 0.576. The molecule has 0 saturated heterocycles. The summed E-state index contributed by atoms with van der Waals surface area (Å²) in [5.41, 5.74) is 0. The van der Waals surface area contributed by atoms with Gasteiger partial charge in [-0.1, -0.05) is 19.1 Å². The van der Waals surface area contributed by atoms with Crippen molar-refractivity contribution in [3.8, 4) is 0 Å². The van der Waals surface area contributed by atoms with Crippen LogP contribution >= 0.6 is 0 Å². The van der Waals surface area contributed by atoms with E-state index in [0.29, 0.717) is 32.8 Å². The zero-order chi connectivity index (χ0) is 14.8. The minimum Gasteiger partial charge on any atom is -0.389 e. The number of sulfonamides is 1. The second-order valence-corrected chi connectivity index (χ2v) is 6.16. The van der Waals surface area contributed by atoms with Crippen molar-refractivity contribution in [3.63, 3.8) is 0 Å². The van der Waals surface area contributed by atoms with Crippen molar-refractivity contribution in [3.05, 3.63) is 23.1 Å². The molecule has 1 aliphatic rings. The lowest BCUT2D eigenvalue weighted by atomic mass is 10.1. The standard InChI is InChI=1S/C13H23NO5S/c1-2-8-18-10-11-19-9-7-14-20(16,17)13-5-3-12(15)4-6-13/h3,5-6,12,14-15H,2,4,7-11H2,1H3. The van der Waals surface area contributed by atoms with Crippen molar-refractivity contribution < 1.29 is 23.0 Å². The molecule has 0 amide bonds. The normalized spacial score (nSPS) is 19.1. The number of rotatable bonds is 10. The molecule has 1 rings (SSSR count). The minimum absolute atomic E-state index is 0.189. The van der Waals surface area contributed by atoms with E-state index < -0.39 is 16.1 Å². The van der Waals surface area contributed by atoms with Gasteiger partial charge < -0.3 is 14.6 Å². The summed E-state index contributed by atoms with van der Waals surface area (Å²) < 4.78 is 36.7. The van der Waals surface area contributed by atoms with Gasteiger partial charge in [0.15, 0.2) is 0 Å². The Morgan fingerprint density at radius 2 is 2.00 bits per heavy atom. The third-order valence-corrected chi connectivity index (χ3v) is 4.12. The Morgan fingerprint density at radius 3 is 2.60 bits per heavy atom. The second-order valence-electron chi connectivity index (χ2n) is 4.39. The summed E-state index contributed by atoms with van der Waals surface area (Å²) in [6, 6.07) is 0. The van der Waals surface area contributed by atoms with Crippen LogP contribution < -0.4 is 4.72 Å². The van der Waals surface area contributed by atoms with Crippen molar-refractivity contribution in [2.45, 2.75) is 25.9 Å². The average molecular weight is 305 g/mol. The number of aliphatic hydroxyl groups excluding tert-OH is 1. The Kier molecular flexibility index (Phi) is 8.01. The van der Waals surface area contributed by atoms with Gasteiger partial charge in [0, 0.05) is 13.2 Å². The van der Waals surface area contributed by atoms with Crippen LogP contribution in [0.5, 0.6) is 0 Å². The molecule has 7 heteroatoms. The highest BCUT2D eigenvalue weighted by atomic mass is 32.2. The first-order chi connectivity index (χ1) is 9.56. The summed E-state index contributed by atoms with van der Waals surface area (Å²) >= 11 is 0. The van der Waals surface area contributed by atoms with Crippen molar-refractivity contribution in [2.24, 2.45) is 0 Å². The largest absolute Gasteiger partial charge is 0.389 e. The lowest BCUT2D eigenvalue weighted by Crippen LogP contribution is -2.29. The molecule has 2 N–H and O–H groups in total. The Balaban J connectivity index is 2.16. The molecular weight excluding hydrogens is 282 g/mol. The molecule has 1 aliphatic carbocycles. The van der Waals surface area contributed by atoms with E-state index in [1.54, 1.807) is 0 Å². The summed E-state index contributed by atoms with van der Waals surface area (Å²) in [6.07, 6.45) is 5.08. The van der Waals surface area contributed by atoms with Gasteiger partial charge in [0.25, 0.3) is 0 Å². The van der Waals surface area contributed by atoms with Crippen LogP contribution in [0.4, 0.5) is 0 Å². The third-order valence-electron chi connectivity index (χ3n) is 2.61. The van der Waals surface area contributed by atoms with Crippen molar-refractivity contribution in [1.29, 1.82) is 0 Å². The maximum Gasteiger partial charge on any atom is 0.240 e. The van der Waals surface area contributed by atoms with E-state index in [9.17, 15) is 13.5 Å². The molecule has 0 aromatic heterocycles. The Bertz CT molecular complexity index is 430. The topological polar surface area (TPSA) is 84.9 Å². The maximum atomic E-state index is 11.9. The van der Waals surface area contributed by atoms with Crippen molar-refractivity contribution >= 4 is 10.0 Å². The molecule has 0 fully saturated rings. The highest BCUT2D eigenvalue weighted by molar-refractivity contribution is 7.93. The minimum atomic E-state index is -3.51. The van der Waals surface area contributed by atoms with E-state index in [0.717, 1.165) is 6.42 Å². The van der Waals surface area contributed by atoms with Gasteiger partial charge >= 0.3 is 0 Å². The van der Waals surface area contributed by atoms with Crippen LogP contribution in [0.25, 0.3) is 0 Å². The summed E-state index contributed by atoms with van der Waals surface area (Å²) in [6.45, 7) is 4.23. The van der Waals surface area contributed by atoms with E-state index in [-0.39, 0.29) is 11.4 Å². The van der Waals surface area contributed by atoms with Crippen LogP contribution in [0.1, 0.15) is 19.8 Å². The maximum absolute atomic E-state index is 11.9. The lowest BCUT2D eigenvalue weighted by molar-refractivity contribution is 0.0502. The van der Waals surface area contributed by atoms with E-state index in [1.165, 1.54) is 18.2 Å². The fraction of sp³-hybridized carbons (Fsp3) is 0.692. The van der Waals surface area contributed by atoms with Crippen molar-refractivity contribution in [1.82, 2.24) is 4.72 Å². The molecule has 0 bridgehead atoms. The van der Waals surface area contributed by atoms with Crippen LogP contribution in [0.2, 0.25) is 0 Å². The SMILES string of the molecule is CCCOCCOCCNS(=O)(=O)C1=CCC(O)C=C1. The zero-order valence-electron chi connectivity index (χ0n) is 11.7. The predicted octanol–water partition coefficient (Wildman–Crippen LogP) is 0.554. The summed E-state index contributed by atoms with van der Waals surface area (Å²) in [5, 5.41) is 9.25. The highest BCUT2D eigenvalue weighted by Crippen LogP contribution is 2.14. The molecule has 0 spiro atoms. The Morgan fingerprint density at radius 1 is 1.30 bits per heavy atom. The van der Waals surface area contributed by atoms with Gasteiger partial charge in [-0.25, -0.2) is 13.1 Å². The third kappa shape index (κ3) is 6.62. The van der Waals surface area contributed by atoms with E-state index in [4.69, 9.17) is 9.47 Å². The predicted molar refractivity (Wildman–Crippen MR) is 76.7 cm³/mol. The summed E-state index contributed by atoms with van der Waals surface area (Å²) in [5.74, 6) is 0. The van der Waals surface area contributed by atoms with Crippen LogP contribution in [0.3, 0.4) is 0 Å². The van der Waals surface area contributed by atoms with Gasteiger partial charge in [0.05, 0.1) is 30.8 Å². The fourth-order valence-corrected chi connectivity index (χ4v) is 2.68. The van der Waals surface area contributed by atoms with E-state index >= 15 is 0 Å². The first kappa shape index (κ1) is 17.3. The number of hydrogen-bond donors (Lipinski definition) is 2. The summed E-state index contributed by atoms with van der Waals surface area (Å²) in [7, 11) is -3.51. The molecule has 1 atom stereocenters. The van der Waals surface area contributed by atoms with Crippen molar-refractivity contribution in [2.75, 3.05) is 33.0 Å². The van der Waals surface area contributed by atoms with Gasteiger partial charge in [-0.2, -0.15) is 0 Å². The number of aliphatic hydroxyl groups is 1. The molecule has 1 unspecified atom stereocenters. The van der Waals surface area contributed by atoms with Gasteiger partial charge in [-0.3, -0.25) is 0 Å². The lowest BCUT2D eigenvalue weighted by Gasteiger charge is -2.12. The average Bonchev–Trinajstić information content (AvgIpc) is 2.42. The van der Waals surface area contributed by atoms with Crippen LogP contribution in [0, 0.1) is 0 Å². The highest BCUT2D eigenvalue weighted by Gasteiger charge is 2.17. The molecule has 0 heterocycles. The molecule has 0 aliphatic heterocycles. The van der Waals surface area contributed by atoms with Crippen LogP contribution in [0.15, 0.2) is 23.1 Å². The number of hydrogen-bond acceptors (Lipinski definition) is 5. The molecule has 6 nitrogen and oxygen atoms in total.